The van der Waals surface area contributed by atoms with Crippen LogP contribution in [0.3, 0.4) is 0 Å². The monoisotopic (exact) mass is 332 g/mol. The van der Waals surface area contributed by atoms with Crippen LogP contribution < -0.4 is 11.1 Å². The number of nitrogens with two attached hydrogens (primary N) is 1. The van der Waals surface area contributed by atoms with E-state index in [9.17, 15) is 9.59 Å². The van der Waals surface area contributed by atoms with Crippen molar-refractivity contribution in [3.05, 3.63) is 23.9 Å². The zero-order valence-electron chi connectivity index (χ0n) is 14.1. The quantitative estimate of drug-likeness (QED) is 0.882. The van der Waals surface area contributed by atoms with Crippen LogP contribution in [0.15, 0.2) is 18.2 Å². The largest absolute Gasteiger partial charge is 0.381 e. The molecule has 0 saturated carbocycles. The summed E-state index contributed by atoms with van der Waals surface area (Å²) in [5, 5.41) is 2.78. The highest BCUT2D eigenvalue weighted by molar-refractivity contribution is 5.93. The van der Waals surface area contributed by atoms with Gasteiger partial charge in [0.15, 0.2) is 0 Å². The van der Waals surface area contributed by atoms with Gasteiger partial charge in [-0.3, -0.25) is 10.1 Å². The number of nitrogens with one attached hydrogen (secondary N) is 1. The highest BCUT2D eigenvalue weighted by atomic mass is 16.5. The van der Waals surface area contributed by atoms with Crippen molar-refractivity contribution in [1.82, 2.24) is 9.88 Å². The summed E-state index contributed by atoms with van der Waals surface area (Å²) < 4.78 is 5.48. The fraction of sp³-hybridized carbons (Fsp3) is 0.588. The molecule has 3 N–H and O–H groups in total. The molecule has 0 bridgehead atoms. The number of nitrogens with zero attached hydrogens (tertiary/aromatic N) is 2. The first-order valence-electron chi connectivity index (χ1n) is 8.35. The Balaban J connectivity index is 1.71. The Morgan fingerprint density at radius 1 is 1.38 bits per heavy atom. The topological polar surface area (TPSA) is 97.6 Å². The molecule has 2 fully saturated rings. The summed E-state index contributed by atoms with van der Waals surface area (Å²) in [5.74, 6) is 0.0931. The summed E-state index contributed by atoms with van der Waals surface area (Å²) >= 11 is 0. The van der Waals surface area contributed by atoms with Gasteiger partial charge in [-0.1, -0.05) is 19.9 Å². The van der Waals surface area contributed by atoms with Crippen molar-refractivity contribution in [2.24, 2.45) is 17.1 Å². The molecule has 2 aliphatic rings. The number of hydrogen-bond acceptors (Lipinski definition) is 4. The third-order valence-electron chi connectivity index (χ3n) is 5.07. The Bertz CT molecular complexity index is 640. The summed E-state index contributed by atoms with van der Waals surface area (Å²) in [6.45, 7) is 6.56. The van der Waals surface area contributed by atoms with Gasteiger partial charge in [-0.05, 0) is 30.9 Å². The minimum absolute atomic E-state index is 0.137. The first-order chi connectivity index (χ1) is 11.4. The average molecular weight is 332 g/mol. The minimum atomic E-state index is -0.615. The van der Waals surface area contributed by atoms with E-state index < -0.39 is 5.91 Å². The van der Waals surface area contributed by atoms with Gasteiger partial charge in [-0.25, -0.2) is 9.78 Å². The second-order valence-electron chi connectivity index (χ2n) is 6.99. The Kier molecular flexibility index (Phi) is 4.45. The number of pyridine rings is 1. The van der Waals surface area contributed by atoms with Gasteiger partial charge >= 0.3 is 6.03 Å². The number of ether oxygens (including phenoxy) is 1. The molecule has 1 unspecified atom stereocenters. The maximum absolute atomic E-state index is 12.6. The van der Waals surface area contributed by atoms with Gasteiger partial charge in [0.25, 0.3) is 5.91 Å². The normalized spacial score (nSPS) is 22.3. The van der Waals surface area contributed by atoms with E-state index in [1.165, 1.54) is 6.07 Å². The van der Waals surface area contributed by atoms with Crippen LogP contribution in [-0.2, 0) is 4.74 Å². The van der Waals surface area contributed by atoms with Crippen molar-refractivity contribution >= 4 is 17.8 Å². The van der Waals surface area contributed by atoms with E-state index >= 15 is 0 Å². The van der Waals surface area contributed by atoms with Crippen molar-refractivity contribution in [2.75, 3.05) is 25.1 Å². The molecular formula is C17H24N4O3. The smallest absolute Gasteiger partial charge is 0.323 e. The molecular weight excluding hydrogens is 308 g/mol. The number of primary amides is 1. The number of anilines is 1. The molecule has 2 saturated heterocycles. The zero-order valence-corrected chi connectivity index (χ0v) is 14.1. The van der Waals surface area contributed by atoms with Crippen LogP contribution in [0.1, 0.15) is 37.2 Å². The molecule has 0 aliphatic carbocycles. The van der Waals surface area contributed by atoms with Crippen LogP contribution in [-0.4, -0.2) is 47.6 Å². The SMILES string of the molecule is CC(C)C1N(C(=O)Nc2cccc(C(N)=O)n2)CC12CCOCC2. The molecule has 3 heterocycles. The van der Waals surface area contributed by atoms with Crippen molar-refractivity contribution < 1.29 is 14.3 Å². The number of urea groups is 1. The van der Waals surface area contributed by atoms with Crippen LogP contribution >= 0.6 is 0 Å². The Hall–Kier alpha value is -2.15. The number of likely N-dealkylation sites (tertiary alicyclic amines) is 1. The maximum atomic E-state index is 12.6. The minimum Gasteiger partial charge on any atom is -0.381 e. The molecule has 24 heavy (non-hydrogen) atoms. The number of hydrogen-bond donors (Lipinski definition) is 2. The van der Waals surface area contributed by atoms with E-state index in [0.29, 0.717) is 11.7 Å². The fourth-order valence-electron chi connectivity index (χ4n) is 4.07. The zero-order chi connectivity index (χ0) is 17.3. The predicted octanol–water partition coefficient (Wildman–Crippen LogP) is 1.85. The molecule has 1 aromatic heterocycles. The van der Waals surface area contributed by atoms with Crippen LogP contribution in [0.5, 0.6) is 0 Å². The lowest BCUT2D eigenvalue weighted by molar-refractivity contribution is -0.122. The van der Waals surface area contributed by atoms with Crippen LogP contribution in [0, 0.1) is 11.3 Å². The Morgan fingerprint density at radius 3 is 2.71 bits per heavy atom. The highest BCUT2D eigenvalue weighted by Crippen LogP contribution is 2.48. The summed E-state index contributed by atoms with van der Waals surface area (Å²) in [7, 11) is 0. The van der Waals surface area contributed by atoms with E-state index in [1.807, 2.05) is 4.90 Å². The average Bonchev–Trinajstić information content (AvgIpc) is 2.53. The first kappa shape index (κ1) is 16.7. The van der Waals surface area contributed by atoms with Gasteiger partial charge in [0.05, 0.1) is 0 Å². The molecule has 0 radical (unpaired) electrons. The van der Waals surface area contributed by atoms with Crippen molar-refractivity contribution in [3.63, 3.8) is 0 Å². The van der Waals surface area contributed by atoms with E-state index in [4.69, 9.17) is 10.5 Å². The number of carbonyl (C=O) groups excluding carboxylic acids is 2. The molecule has 3 rings (SSSR count). The van der Waals surface area contributed by atoms with E-state index in [1.54, 1.807) is 12.1 Å². The van der Waals surface area contributed by atoms with Crippen LogP contribution in [0.2, 0.25) is 0 Å². The van der Waals surface area contributed by atoms with Crippen molar-refractivity contribution in [1.29, 1.82) is 0 Å². The molecule has 7 heteroatoms. The van der Waals surface area contributed by atoms with Crippen molar-refractivity contribution in [2.45, 2.75) is 32.7 Å². The maximum Gasteiger partial charge on any atom is 0.323 e. The van der Waals surface area contributed by atoms with Gasteiger partial charge in [0.1, 0.15) is 11.5 Å². The Labute approximate surface area is 141 Å². The molecule has 0 aromatic carbocycles. The molecule has 2 aliphatic heterocycles. The number of aromatic nitrogens is 1. The summed E-state index contributed by atoms with van der Waals surface area (Å²) in [4.78, 5) is 29.8. The van der Waals surface area contributed by atoms with Crippen molar-refractivity contribution in [3.8, 4) is 0 Å². The van der Waals surface area contributed by atoms with E-state index in [2.05, 4.69) is 24.1 Å². The lowest BCUT2D eigenvalue weighted by atomic mass is 9.63. The van der Waals surface area contributed by atoms with Gasteiger partial charge in [-0.15, -0.1) is 0 Å². The molecule has 7 nitrogen and oxygen atoms in total. The second-order valence-corrected chi connectivity index (χ2v) is 6.99. The summed E-state index contributed by atoms with van der Waals surface area (Å²) in [5.41, 5.74) is 5.54. The van der Waals surface area contributed by atoms with Crippen LogP contribution in [0.4, 0.5) is 10.6 Å². The van der Waals surface area contributed by atoms with Gasteiger partial charge in [-0.2, -0.15) is 0 Å². The van der Waals surface area contributed by atoms with Gasteiger partial charge in [0.2, 0.25) is 0 Å². The third-order valence-corrected chi connectivity index (χ3v) is 5.07. The first-order valence-corrected chi connectivity index (χ1v) is 8.35. The van der Waals surface area contributed by atoms with Gasteiger partial charge in [0, 0.05) is 31.2 Å². The predicted molar refractivity (Wildman–Crippen MR) is 89.6 cm³/mol. The second kappa shape index (κ2) is 6.39. The molecule has 1 atom stereocenters. The molecule has 1 aromatic rings. The van der Waals surface area contributed by atoms with E-state index in [0.717, 1.165) is 32.6 Å². The lowest BCUT2D eigenvalue weighted by Crippen LogP contribution is -2.70. The van der Waals surface area contributed by atoms with Crippen LogP contribution in [0.25, 0.3) is 0 Å². The number of carbonyl (C=O) groups is 2. The fourth-order valence-corrected chi connectivity index (χ4v) is 4.07. The Morgan fingerprint density at radius 2 is 2.08 bits per heavy atom. The third kappa shape index (κ3) is 2.96. The summed E-state index contributed by atoms with van der Waals surface area (Å²) in [6.07, 6.45) is 1.99. The number of amides is 3. The molecule has 1 spiro atoms. The lowest BCUT2D eigenvalue weighted by Gasteiger charge is -2.60. The molecule has 130 valence electrons. The number of rotatable bonds is 3. The standard InChI is InChI=1S/C17H24N4O3/c1-11(2)14-17(6-8-24-9-7-17)10-21(14)16(23)20-13-5-3-4-12(19-13)15(18)22/h3-5,11,14H,6-10H2,1-2H3,(H2,18,22)(H,19,20,23). The van der Waals surface area contributed by atoms with E-state index in [-0.39, 0.29) is 23.2 Å². The molecule has 3 amide bonds. The van der Waals surface area contributed by atoms with Gasteiger partial charge < -0.3 is 15.4 Å². The highest BCUT2D eigenvalue weighted by Gasteiger charge is 2.55. The summed E-state index contributed by atoms with van der Waals surface area (Å²) in [6, 6.07) is 4.84.